The first kappa shape index (κ1) is 10.9. The number of hydrogen-bond acceptors (Lipinski definition) is 2. The Hall–Kier alpha value is -0.570. The molecule has 3 heteroatoms. The number of rotatable bonds is 1. The Morgan fingerprint density at radius 2 is 2.07 bits per heavy atom. The number of primary amides is 1. The zero-order chi connectivity index (χ0) is 11.2. The van der Waals surface area contributed by atoms with E-state index in [1.165, 1.54) is 0 Å². The zero-order valence-corrected chi connectivity index (χ0v) is 9.57. The number of aliphatic hydroxyl groups excluding tert-OH is 1. The summed E-state index contributed by atoms with van der Waals surface area (Å²) in [6.07, 6.45) is 3.56. The highest BCUT2D eigenvalue weighted by Gasteiger charge is 2.47. The molecular formula is C12H21NO2. The van der Waals surface area contributed by atoms with Crippen LogP contribution in [0.4, 0.5) is 0 Å². The summed E-state index contributed by atoms with van der Waals surface area (Å²) < 4.78 is 0. The lowest BCUT2D eigenvalue weighted by Crippen LogP contribution is -2.48. The lowest BCUT2D eigenvalue weighted by molar-refractivity contribution is -0.135. The molecular weight excluding hydrogens is 190 g/mol. The van der Waals surface area contributed by atoms with Crippen LogP contribution in [0.3, 0.4) is 0 Å². The molecule has 0 heterocycles. The molecule has 0 radical (unpaired) electrons. The Morgan fingerprint density at radius 1 is 1.40 bits per heavy atom. The Kier molecular flexibility index (Phi) is 2.53. The third-order valence-electron chi connectivity index (χ3n) is 4.45. The summed E-state index contributed by atoms with van der Waals surface area (Å²) in [6, 6.07) is 0. The number of carbonyl (C=O) groups is 1. The van der Waals surface area contributed by atoms with Gasteiger partial charge in [-0.1, -0.05) is 13.8 Å². The van der Waals surface area contributed by atoms with Crippen LogP contribution in [0.25, 0.3) is 0 Å². The van der Waals surface area contributed by atoms with Crippen LogP contribution in [0.5, 0.6) is 0 Å². The minimum absolute atomic E-state index is 0.195. The van der Waals surface area contributed by atoms with Gasteiger partial charge >= 0.3 is 0 Å². The van der Waals surface area contributed by atoms with Gasteiger partial charge in [-0.15, -0.1) is 0 Å². The van der Waals surface area contributed by atoms with Gasteiger partial charge in [0, 0.05) is 5.41 Å². The van der Waals surface area contributed by atoms with E-state index < -0.39 is 0 Å². The van der Waals surface area contributed by atoms with Gasteiger partial charge in [-0.05, 0) is 43.4 Å². The van der Waals surface area contributed by atoms with Crippen molar-refractivity contribution < 1.29 is 9.90 Å². The van der Waals surface area contributed by atoms with E-state index in [1.807, 2.05) is 6.92 Å². The standard InChI is InChI=1S/C12H21NO2/c1-7-3-8-4-9(10(7)14)6-12(2,5-8)11(13)15/h7-10,14H,3-6H2,1-2H3,(H2,13,15). The lowest BCUT2D eigenvalue weighted by atomic mass is 9.58. The maximum Gasteiger partial charge on any atom is 0.223 e. The number of hydrogen-bond donors (Lipinski definition) is 2. The van der Waals surface area contributed by atoms with Crippen molar-refractivity contribution in [3.63, 3.8) is 0 Å². The maximum atomic E-state index is 11.4. The monoisotopic (exact) mass is 211 g/mol. The van der Waals surface area contributed by atoms with Crippen molar-refractivity contribution in [1.82, 2.24) is 0 Å². The van der Waals surface area contributed by atoms with Crippen molar-refractivity contribution in [3.8, 4) is 0 Å². The van der Waals surface area contributed by atoms with Crippen LogP contribution < -0.4 is 5.73 Å². The molecule has 0 aromatic carbocycles. The Bertz CT molecular complexity index is 277. The van der Waals surface area contributed by atoms with Crippen molar-refractivity contribution in [2.24, 2.45) is 28.9 Å². The van der Waals surface area contributed by atoms with Crippen LogP contribution >= 0.6 is 0 Å². The first-order chi connectivity index (χ1) is 6.92. The molecule has 3 N–H and O–H groups in total. The summed E-state index contributed by atoms with van der Waals surface area (Å²) in [5.41, 5.74) is 5.08. The minimum atomic E-state index is -0.380. The molecule has 0 saturated heterocycles. The predicted molar refractivity (Wildman–Crippen MR) is 57.9 cm³/mol. The van der Waals surface area contributed by atoms with E-state index in [4.69, 9.17) is 5.73 Å². The van der Waals surface area contributed by atoms with Gasteiger partial charge in [-0.3, -0.25) is 4.79 Å². The second kappa shape index (κ2) is 3.48. The van der Waals surface area contributed by atoms with E-state index in [1.54, 1.807) is 0 Å². The summed E-state index contributed by atoms with van der Waals surface area (Å²) >= 11 is 0. The average Bonchev–Trinajstić information content (AvgIpc) is 2.13. The van der Waals surface area contributed by atoms with Gasteiger partial charge in [0.2, 0.25) is 5.91 Å². The number of fused-ring (bicyclic) bond motifs is 2. The van der Waals surface area contributed by atoms with Crippen LogP contribution in [-0.4, -0.2) is 17.1 Å². The molecule has 0 aromatic rings. The van der Waals surface area contributed by atoms with Crippen LogP contribution in [0.2, 0.25) is 0 Å². The Labute approximate surface area is 91.0 Å². The molecule has 2 fully saturated rings. The second-order valence-electron chi connectivity index (χ2n) is 5.90. The molecule has 2 bridgehead atoms. The third kappa shape index (κ3) is 1.78. The van der Waals surface area contributed by atoms with Crippen molar-refractivity contribution in [1.29, 1.82) is 0 Å². The fourth-order valence-electron chi connectivity index (χ4n) is 3.66. The van der Waals surface area contributed by atoms with E-state index in [-0.39, 0.29) is 23.3 Å². The lowest BCUT2D eigenvalue weighted by Gasteiger charge is -2.48. The first-order valence-electron chi connectivity index (χ1n) is 5.90. The van der Waals surface area contributed by atoms with Crippen molar-refractivity contribution >= 4 is 5.91 Å². The topological polar surface area (TPSA) is 63.3 Å². The summed E-state index contributed by atoms with van der Waals surface area (Å²) in [7, 11) is 0. The SMILES string of the molecule is CC1CC2CC(CC(C)(C(N)=O)C2)C1O. The number of amides is 1. The van der Waals surface area contributed by atoms with E-state index in [0.29, 0.717) is 11.8 Å². The maximum absolute atomic E-state index is 11.4. The van der Waals surface area contributed by atoms with Gasteiger partial charge in [0.25, 0.3) is 0 Å². The second-order valence-corrected chi connectivity index (χ2v) is 5.90. The molecule has 0 spiro atoms. The summed E-state index contributed by atoms with van der Waals surface area (Å²) in [5.74, 6) is 1.05. The number of nitrogens with two attached hydrogens (primary N) is 1. The van der Waals surface area contributed by atoms with Crippen molar-refractivity contribution in [3.05, 3.63) is 0 Å². The van der Waals surface area contributed by atoms with Crippen LogP contribution in [0, 0.1) is 23.2 Å². The van der Waals surface area contributed by atoms with E-state index in [0.717, 1.165) is 25.7 Å². The molecule has 2 aliphatic carbocycles. The molecule has 2 aliphatic rings. The Morgan fingerprint density at radius 3 is 2.67 bits per heavy atom. The summed E-state index contributed by atoms with van der Waals surface area (Å²) in [5, 5.41) is 10.1. The van der Waals surface area contributed by atoms with Crippen LogP contribution in [-0.2, 0) is 4.79 Å². The molecule has 0 aliphatic heterocycles. The number of carbonyl (C=O) groups excluding carboxylic acids is 1. The largest absolute Gasteiger partial charge is 0.393 e. The van der Waals surface area contributed by atoms with E-state index in [2.05, 4.69) is 6.92 Å². The van der Waals surface area contributed by atoms with Crippen molar-refractivity contribution in [2.45, 2.75) is 45.6 Å². The van der Waals surface area contributed by atoms with Gasteiger partial charge in [0.1, 0.15) is 0 Å². The molecule has 5 atom stereocenters. The fraction of sp³-hybridized carbons (Fsp3) is 0.917. The summed E-state index contributed by atoms with van der Waals surface area (Å²) in [6.45, 7) is 4.06. The molecule has 1 amide bonds. The Balaban J connectivity index is 2.18. The molecule has 5 unspecified atom stereocenters. The number of aliphatic hydroxyl groups is 1. The first-order valence-corrected chi connectivity index (χ1v) is 5.90. The van der Waals surface area contributed by atoms with E-state index >= 15 is 0 Å². The summed E-state index contributed by atoms with van der Waals surface area (Å²) in [4.78, 5) is 11.4. The molecule has 86 valence electrons. The average molecular weight is 211 g/mol. The quantitative estimate of drug-likeness (QED) is 0.686. The highest BCUT2D eigenvalue weighted by Crippen LogP contribution is 2.50. The molecule has 2 saturated carbocycles. The van der Waals surface area contributed by atoms with Gasteiger partial charge in [0.15, 0.2) is 0 Å². The normalized spacial score (nSPS) is 50.1. The predicted octanol–water partition coefficient (Wildman–Crippen LogP) is 1.29. The smallest absolute Gasteiger partial charge is 0.223 e. The minimum Gasteiger partial charge on any atom is -0.393 e. The van der Waals surface area contributed by atoms with Gasteiger partial charge in [-0.2, -0.15) is 0 Å². The van der Waals surface area contributed by atoms with Gasteiger partial charge in [0.05, 0.1) is 6.10 Å². The van der Waals surface area contributed by atoms with Gasteiger partial charge < -0.3 is 10.8 Å². The van der Waals surface area contributed by atoms with E-state index in [9.17, 15) is 9.90 Å². The molecule has 3 nitrogen and oxygen atoms in total. The fourth-order valence-corrected chi connectivity index (χ4v) is 3.66. The van der Waals surface area contributed by atoms with Gasteiger partial charge in [-0.25, -0.2) is 0 Å². The third-order valence-corrected chi connectivity index (χ3v) is 4.45. The molecule has 15 heavy (non-hydrogen) atoms. The highest BCUT2D eigenvalue weighted by molar-refractivity contribution is 5.80. The molecule has 0 aromatic heterocycles. The highest BCUT2D eigenvalue weighted by atomic mass is 16.3. The van der Waals surface area contributed by atoms with Crippen molar-refractivity contribution in [2.75, 3.05) is 0 Å². The zero-order valence-electron chi connectivity index (χ0n) is 9.57. The molecule has 2 rings (SSSR count). The van der Waals surface area contributed by atoms with Crippen LogP contribution in [0.15, 0.2) is 0 Å². The van der Waals surface area contributed by atoms with Crippen LogP contribution in [0.1, 0.15) is 39.5 Å².